The summed E-state index contributed by atoms with van der Waals surface area (Å²) in [6.45, 7) is 0. The van der Waals surface area contributed by atoms with E-state index in [0.29, 0.717) is 0 Å². The van der Waals surface area contributed by atoms with E-state index in [4.69, 9.17) is 11.2 Å². The minimum Gasteiger partial charge on any atom is -0.468 e. The zero-order valence-corrected chi connectivity index (χ0v) is 9.67. The van der Waals surface area contributed by atoms with Crippen LogP contribution in [0.1, 0.15) is 11.0 Å². The molecule has 7 heteroatoms. The lowest BCUT2D eigenvalue weighted by molar-refractivity contribution is -0.384. The maximum atomic E-state index is 11.2. The lowest BCUT2D eigenvalue weighted by Crippen LogP contribution is -2.33. The zero-order chi connectivity index (χ0) is 15.6. The van der Waals surface area contributed by atoms with Gasteiger partial charge >= 0.3 is 5.97 Å². The fourth-order valence-electron chi connectivity index (χ4n) is 0.980. The summed E-state index contributed by atoms with van der Waals surface area (Å²) in [5, 5.41) is 10.7. The Hall–Kier alpha value is -1.66. The maximum Gasteiger partial charge on any atom is 0.322 e. The molecule has 17 heavy (non-hydrogen) atoms. The van der Waals surface area contributed by atoms with Crippen LogP contribution in [0, 0.1) is 10.1 Å². The van der Waals surface area contributed by atoms with Crippen molar-refractivity contribution in [3.05, 3.63) is 39.8 Å². The van der Waals surface area contributed by atoms with Gasteiger partial charge in [-0.2, -0.15) is 0 Å². The quantitative estimate of drug-likeness (QED) is 0.498. The van der Waals surface area contributed by atoms with Gasteiger partial charge in [-0.3, -0.25) is 14.9 Å². The van der Waals surface area contributed by atoms with Crippen molar-refractivity contribution in [3.63, 3.8) is 0 Å². The maximum absolute atomic E-state index is 11.2. The first-order chi connectivity index (χ1) is 9.22. The minimum atomic E-state index is -1.17. The number of hydrogen-bond acceptors (Lipinski definition) is 5. The number of esters is 1. The fourth-order valence-corrected chi connectivity index (χ4v) is 0.980. The van der Waals surface area contributed by atoms with E-state index in [1.54, 1.807) is 0 Å². The highest BCUT2D eigenvalue weighted by Crippen LogP contribution is 2.12. The summed E-state index contributed by atoms with van der Waals surface area (Å²) in [6, 6.07) is -3.89. The summed E-state index contributed by atoms with van der Waals surface area (Å²) in [5.41, 5.74) is 4.43. The van der Waals surface area contributed by atoms with Gasteiger partial charge < -0.3 is 10.5 Å². The van der Waals surface area contributed by atoms with Crippen molar-refractivity contribution in [2.75, 3.05) is 7.11 Å². The van der Waals surface area contributed by atoms with E-state index >= 15 is 0 Å². The number of halogens is 1. The van der Waals surface area contributed by atoms with Crippen LogP contribution in [0.2, 0.25) is 0 Å². The van der Waals surface area contributed by atoms with E-state index in [1.807, 2.05) is 0 Å². The van der Waals surface area contributed by atoms with Crippen molar-refractivity contribution in [2.24, 2.45) is 5.73 Å². The lowest BCUT2D eigenvalue weighted by Gasteiger charge is -2.08. The number of ether oxygens (including phenoxy) is 1. The number of nitro benzene ring substituents is 1. The third kappa shape index (κ3) is 4.38. The Morgan fingerprint density at radius 2 is 2.12 bits per heavy atom. The number of nitro groups is 1. The van der Waals surface area contributed by atoms with Crippen LogP contribution in [0.25, 0.3) is 0 Å². The molecule has 0 aliphatic heterocycles. The van der Waals surface area contributed by atoms with Crippen molar-refractivity contribution in [1.29, 1.82) is 0 Å². The molecule has 0 saturated heterocycles. The highest BCUT2D eigenvalue weighted by atomic mass is 35.5. The summed E-state index contributed by atoms with van der Waals surface area (Å²) in [4.78, 5) is 21.0. The Morgan fingerprint density at radius 3 is 2.53 bits per heavy atom. The molecule has 0 saturated carbocycles. The number of hydrogen-bond donors (Lipinski definition) is 1. The molecule has 1 aromatic rings. The third-order valence-corrected chi connectivity index (χ3v) is 1.77. The lowest BCUT2D eigenvalue weighted by atomic mass is 10.1. The van der Waals surface area contributed by atoms with Crippen LogP contribution >= 0.6 is 12.4 Å². The van der Waals surface area contributed by atoms with Crippen LogP contribution in [0.4, 0.5) is 5.69 Å². The highest BCUT2D eigenvalue weighted by molar-refractivity contribution is 5.85. The Morgan fingerprint density at radius 1 is 1.59 bits per heavy atom. The van der Waals surface area contributed by atoms with Crippen LogP contribution < -0.4 is 5.73 Å². The number of carbonyl (C=O) groups is 1. The second kappa shape index (κ2) is 6.82. The van der Waals surface area contributed by atoms with Crippen molar-refractivity contribution < 1.29 is 19.9 Å². The Bertz CT molecular complexity index is 556. The highest BCUT2D eigenvalue weighted by Gasteiger charge is 2.14. The summed E-state index contributed by atoms with van der Waals surface area (Å²) in [5.74, 6) is -0.778. The Kier molecular flexibility index (Phi) is 3.76. The topological polar surface area (TPSA) is 95.5 Å². The van der Waals surface area contributed by atoms with Crippen molar-refractivity contribution in [2.45, 2.75) is 12.5 Å². The number of rotatable bonds is 4. The molecule has 0 aromatic heterocycles. The number of nitrogens with zero attached hydrogens (tertiary/aromatic N) is 1. The first-order valence-electron chi connectivity index (χ1n) is 6.29. The summed E-state index contributed by atoms with van der Waals surface area (Å²) in [7, 11) is 1.12. The van der Waals surface area contributed by atoms with E-state index in [2.05, 4.69) is 4.74 Å². The first-order valence-corrected chi connectivity index (χ1v) is 4.29. The van der Waals surface area contributed by atoms with Crippen LogP contribution in [-0.2, 0) is 16.0 Å². The molecule has 0 fully saturated rings. The van der Waals surface area contributed by atoms with E-state index in [0.717, 1.165) is 7.11 Å². The molecule has 0 heterocycles. The molecule has 0 aliphatic carbocycles. The van der Waals surface area contributed by atoms with Crippen molar-refractivity contribution in [3.8, 4) is 0 Å². The molecule has 6 nitrogen and oxygen atoms in total. The van der Waals surface area contributed by atoms with Gasteiger partial charge in [0.15, 0.2) is 0 Å². The van der Waals surface area contributed by atoms with Crippen LogP contribution in [0.5, 0.6) is 0 Å². The SMILES string of the molecule is Cl.[2H]c1c([2H])c([N+](=O)[O-])c([2H])c([2H])c1C[C@H](N)C(=O)OC. The van der Waals surface area contributed by atoms with E-state index in [-0.39, 0.29) is 24.4 Å². The fraction of sp³-hybridized carbons (Fsp3) is 0.300. The second-order valence-electron chi connectivity index (χ2n) is 2.92. The molecule has 1 rings (SSSR count). The predicted molar refractivity (Wildman–Crippen MR) is 64.0 cm³/mol. The molecule has 0 unspecified atom stereocenters. The van der Waals surface area contributed by atoms with Gasteiger partial charge in [-0.15, -0.1) is 12.4 Å². The van der Waals surface area contributed by atoms with Gasteiger partial charge in [-0.25, -0.2) is 0 Å². The van der Waals surface area contributed by atoms with Gasteiger partial charge in [0.1, 0.15) is 6.04 Å². The second-order valence-corrected chi connectivity index (χ2v) is 2.92. The zero-order valence-electron chi connectivity index (χ0n) is 12.9. The minimum absolute atomic E-state index is 0. The first kappa shape index (κ1) is 9.38. The summed E-state index contributed by atoms with van der Waals surface area (Å²) in [6.07, 6.45) is -0.305. The summed E-state index contributed by atoms with van der Waals surface area (Å²) < 4.78 is 34.7. The molecular formula is C10H13ClN2O4. The molecule has 0 spiro atoms. The van der Waals surface area contributed by atoms with E-state index in [9.17, 15) is 14.9 Å². The van der Waals surface area contributed by atoms with Crippen molar-refractivity contribution >= 4 is 24.1 Å². The monoisotopic (exact) mass is 264 g/mol. The predicted octanol–water partition coefficient (Wildman–Crippen LogP) is 1.06. The number of carbonyl (C=O) groups excluding carboxylic acids is 1. The molecule has 2 N–H and O–H groups in total. The van der Waals surface area contributed by atoms with E-state index in [1.165, 1.54) is 0 Å². The van der Waals surface area contributed by atoms with Crippen molar-refractivity contribution in [1.82, 2.24) is 0 Å². The van der Waals surface area contributed by atoms with Gasteiger partial charge in [-0.05, 0) is 12.0 Å². The Labute approximate surface area is 110 Å². The van der Waals surface area contributed by atoms with Crippen LogP contribution in [0.15, 0.2) is 24.2 Å². The van der Waals surface area contributed by atoms with Gasteiger partial charge in [0, 0.05) is 12.1 Å². The molecular weight excluding hydrogens is 248 g/mol. The summed E-state index contributed by atoms with van der Waals surface area (Å²) >= 11 is 0. The smallest absolute Gasteiger partial charge is 0.322 e. The average Bonchev–Trinajstić information content (AvgIpc) is 2.39. The van der Waals surface area contributed by atoms with Crippen LogP contribution in [-0.4, -0.2) is 24.0 Å². The molecule has 0 bridgehead atoms. The standard InChI is InChI=1S/C10H12N2O4.ClH/c1-16-10(13)9(11)6-7-2-4-8(5-3-7)12(14)15;/h2-5,9H,6,11H2,1H3;1H/t9-;/m0./s1/i2D,3D,4D,5D;. The third-order valence-electron chi connectivity index (χ3n) is 1.77. The normalized spacial score (nSPS) is 14.5. The molecule has 94 valence electrons. The van der Waals surface area contributed by atoms with Crippen LogP contribution in [0.3, 0.4) is 0 Å². The molecule has 0 amide bonds. The van der Waals surface area contributed by atoms with Gasteiger partial charge in [0.25, 0.3) is 5.69 Å². The molecule has 0 radical (unpaired) electrons. The molecule has 1 aromatic carbocycles. The number of methoxy groups -OCH3 is 1. The van der Waals surface area contributed by atoms with Gasteiger partial charge in [0.05, 0.1) is 17.5 Å². The molecule has 0 aliphatic rings. The molecule has 1 atom stereocenters. The Balaban J connectivity index is 0.00000400. The van der Waals surface area contributed by atoms with Gasteiger partial charge in [0.2, 0.25) is 0 Å². The average molecular weight is 265 g/mol. The van der Waals surface area contributed by atoms with E-state index < -0.39 is 46.8 Å². The number of nitrogens with two attached hydrogens (primary N) is 1. The van der Waals surface area contributed by atoms with Gasteiger partial charge in [-0.1, -0.05) is 12.1 Å². The largest absolute Gasteiger partial charge is 0.468 e. The number of benzene rings is 1.